The van der Waals surface area contributed by atoms with Crippen LogP contribution < -0.4 is 0 Å². The minimum atomic E-state index is 0.913. The van der Waals surface area contributed by atoms with Crippen LogP contribution in [0.2, 0.25) is 0 Å². The highest BCUT2D eigenvalue weighted by molar-refractivity contribution is 4.92. The summed E-state index contributed by atoms with van der Waals surface area (Å²) in [6, 6.07) is 0. The fourth-order valence-corrected chi connectivity index (χ4v) is 3.59. The van der Waals surface area contributed by atoms with Gasteiger partial charge in [-0.25, -0.2) is 0 Å². The van der Waals surface area contributed by atoms with Crippen molar-refractivity contribution >= 4 is 0 Å². The molecule has 1 saturated heterocycles. The number of hydrogen-bond donors (Lipinski definition) is 0. The van der Waals surface area contributed by atoms with Crippen molar-refractivity contribution in [2.24, 2.45) is 23.7 Å². The number of fused-ring (bicyclic) bond motifs is 2. The zero-order valence-electron chi connectivity index (χ0n) is 8.59. The molecule has 1 aliphatic carbocycles. The summed E-state index contributed by atoms with van der Waals surface area (Å²) in [6.45, 7) is 7.53. The Morgan fingerprint density at radius 3 is 2.00 bits per heavy atom. The van der Waals surface area contributed by atoms with E-state index in [9.17, 15) is 0 Å². The molecule has 2 bridgehead atoms. The first-order valence-corrected chi connectivity index (χ1v) is 5.37. The predicted octanol–water partition coefficient (Wildman–Crippen LogP) is 2.23. The number of nitrogens with zero attached hydrogens (tertiary/aromatic N) is 1. The number of likely N-dealkylation sites (tertiary alicyclic amines) is 1. The van der Waals surface area contributed by atoms with Crippen LogP contribution in [0.25, 0.3) is 0 Å². The number of hydrogen-bond acceptors (Lipinski definition) is 1. The quantitative estimate of drug-likeness (QED) is 0.579. The summed E-state index contributed by atoms with van der Waals surface area (Å²) < 4.78 is 0. The van der Waals surface area contributed by atoms with Crippen LogP contribution in [0.1, 0.15) is 26.7 Å². The molecule has 1 heterocycles. The van der Waals surface area contributed by atoms with Gasteiger partial charge in [0, 0.05) is 13.1 Å². The van der Waals surface area contributed by atoms with Crippen molar-refractivity contribution in [3.8, 4) is 0 Å². The summed E-state index contributed by atoms with van der Waals surface area (Å²) in [7, 11) is 2.28. The van der Waals surface area contributed by atoms with E-state index in [0.29, 0.717) is 0 Å². The standard InChI is InChI=1S/C11H21N/c1-8(2)11-9-4-5-10(11)7-12(3)6-9/h8-11H,4-7H2,1-3H3/t9-,10+,11+. The molecule has 1 aliphatic heterocycles. The van der Waals surface area contributed by atoms with Crippen LogP contribution in [0.3, 0.4) is 0 Å². The van der Waals surface area contributed by atoms with Gasteiger partial charge in [-0.3, -0.25) is 0 Å². The highest BCUT2D eigenvalue weighted by atomic mass is 15.1. The molecule has 2 fully saturated rings. The van der Waals surface area contributed by atoms with Gasteiger partial charge < -0.3 is 4.90 Å². The first-order chi connectivity index (χ1) is 5.68. The normalized spacial score (nSPS) is 42.5. The van der Waals surface area contributed by atoms with E-state index in [0.717, 1.165) is 23.7 Å². The molecule has 0 amide bonds. The maximum absolute atomic E-state index is 2.53. The van der Waals surface area contributed by atoms with Gasteiger partial charge in [0.2, 0.25) is 0 Å². The van der Waals surface area contributed by atoms with E-state index < -0.39 is 0 Å². The van der Waals surface area contributed by atoms with E-state index in [1.54, 1.807) is 0 Å². The van der Waals surface area contributed by atoms with Crippen LogP contribution in [0, 0.1) is 23.7 Å². The minimum absolute atomic E-state index is 0.913. The monoisotopic (exact) mass is 167 g/mol. The van der Waals surface area contributed by atoms with Crippen molar-refractivity contribution in [3.05, 3.63) is 0 Å². The molecule has 0 spiro atoms. The Kier molecular flexibility index (Phi) is 2.16. The van der Waals surface area contributed by atoms with Crippen LogP contribution in [0.4, 0.5) is 0 Å². The van der Waals surface area contributed by atoms with Crippen LogP contribution in [-0.2, 0) is 0 Å². The van der Waals surface area contributed by atoms with Gasteiger partial charge in [0.1, 0.15) is 0 Å². The molecular formula is C11H21N. The lowest BCUT2D eigenvalue weighted by molar-refractivity contribution is 0.100. The molecule has 0 aromatic carbocycles. The first kappa shape index (κ1) is 8.55. The maximum atomic E-state index is 2.53. The fraction of sp³-hybridized carbons (Fsp3) is 1.00. The maximum Gasteiger partial charge on any atom is 0.000958 e. The smallest absolute Gasteiger partial charge is 0.000958 e. The SMILES string of the molecule is CC(C)[C@H]1[C@@H]2CC[C@H]1CN(C)C2. The lowest BCUT2D eigenvalue weighted by Gasteiger charge is -2.38. The zero-order chi connectivity index (χ0) is 8.72. The first-order valence-electron chi connectivity index (χ1n) is 5.37. The molecular weight excluding hydrogens is 146 g/mol. The average Bonchev–Trinajstić information content (AvgIpc) is 2.24. The van der Waals surface area contributed by atoms with Gasteiger partial charge in [-0.05, 0) is 43.6 Å². The van der Waals surface area contributed by atoms with Crippen molar-refractivity contribution in [2.45, 2.75) is 26.7 Å². The van der Waals surface area contributed by atoms with E-state index in [1.165, 1.54) is 25.9 Å². The average molecular weight is 167 g/mol. The lowest BCUT2D eigenvalue weighted by atomic mass is 9.78. The van der Waals surface area contributed by atoms with Gasteiger partial charge in [-0.2, -0.15) is 0 Å². The van der Waals surface area contributed by atoms with Gasteiger partial charge in [-0.15, -0.1) is 0 Å². The second-order valence-corrected chi connectivity index (χ2v) is 5.14. The zero-order valence-corrected chi connectivity index (χ0v) is 8.59. The Morgan fingerprint density at radius 1 is 1.08 bits per heavy atom. The molecule has 12 heavy (non-hydrogen) atoms. The third kappa shape index (κ3) is 1.28. The summed E-state index contributed by atoms with van der Waals surface area (Å²) >= 11 is 0. The molecule has 2 aliphatic rings. The molecule has 0 N–H and O–H groups in total. The summed E-state index contributed by atoms with van der Waals surface area (Å²) in [6.07, 6.45) is 3.00. The van der Waals surface area contributed by atoms with Gasteiger partial charge >= 0.3 is 0 Å². The van der Waals surface area contributed by atoms with E-state index in [1.807, 2.05) is 0 Å². The second-order valence-electron chi connectivity index (χ2n) is 5.14. The molecule has 1 nitrogen and oxygen atoms in total. The van der Waals surface area contributed by atoms with Crippen LogP contribution >= 0.6 is 0 Å². The van der Waals surface area contributed by atoms with Crippen molar-refractivity contribution in [1.82, 2.24) is 4.90 Å². The third-order valence-corrected chi connectivity index (χ3v) is 3.86. The van der Waals surface area contributed by atoms with E-state index in [4.69, 9.17) is 0 Å². The Labute approximate surface area is 76.1 Å². The van der Waals surface area contributed by atoms with Crippen LogP contribution in [-0.4, -0.2) is 25.0 Å². The molecule has 0 aromatic heterocycles. The molecule has 1 saturated carbocycles. The van der Waals surface area contributed by atoms with Gasteiger partial charge in [0.05, 0.1) is 0 Å². The number of rotatable bonds is 1. The lowest BCUT2D eigenvalue weighted by Crippen LogP contribution is -2.41. The fourth-order valence-electron chi connectivity index (χ4n) is 3.59. The number of piperidine rings is 1. The molecule has 1 heteroatoms. The second kappa shape index (κ2) is 3.02. The Morgan fingerprint density at radius 2 is 1.58 bits per heavy atom. The van der Waals surface area contributed by atoms with Crippen molar-refractivity contribution in [2.75, 3.05) is 20.1 Å². The summed E-state index contributed by atoms with van der Waals surface area (Å²) in [5.41, 5.74) is 0. The molecule has 0 unspecified atom stereocenters. The van der Waals surface area contributed by atoms with Crippen molar-refractivity contribution in [1.29, 1.82) is 0 Å². The predicted molar refractivity (Wildman–Crippen MR) is 52.0 cm³/mol. The summed E-state index contributed by atoms with van der Waals surface area (Å²) in [5, 5.41) is 0. The Hall–Kier alpha value is -0.0400. The molecule has 3 atom stereocenters. The van der Waals surface area contributed by atoms with E-state index in [-0.39, 0.29) is 0 Å². The van der Waals surface area contributed by atoms with Crippen LogP contribution in [0.15, 0.2) is 0 Å². The van der Waals surface area contributed by atoms with Gasteiger partial charge in [0.25, 0.3) is 0 Å². The van der Waals surface area contributed by atoms with Crippen molar-refractivity contribution < 1.29 is 0 Å². The summed E-state index contributed by atoms with van der Waals surface area (Å²) in [5.74, 6) is 4.00. The minimum Gasteiger partial charge on any atom is -0.306 e. The van der Waals surface area contributed by atoms with Crippen molar-refractivity contribution in [3.63, 3.8) is 0 Å². The topological polar surface area (TPSA) is 3.24 Å². The molecule has 2 rings (SSSR count). The largest absolute Gasteiger partial charge is 0.306 e. The molecule has 0 aromatic rings. The molecule has 0 radical (unpaired) electrons. The third-order valence-electron chi connectivity index (χ3n) is 3.86. The van der Waals surface area contributed by atoms with E-state index >= 15 is 0 Å². The van der Waals surface area contributed by atoms with Gasteiger partial charge in [0.15, 0.2) is 0 Å². The Balaban J connectivity index is 2.09. The molecule has 70 valence electrons. The summed E-state index contributed by atoms with van der Waals surface area (Å²) in [4.78, 5) is 2.53. The van der Waals surface area contributed by atoms with Crippen LogP contribution in [0.5, 0.6) is 0 Å². The van der Waals surface area contributed by atoms with Gasteiger partial charge in [-0.1, -0.05) is 13.8 Å². The highest BCUT2D eigenvalue weighted by Crippen LogP contribution is 2.45. The Bertz CT molecular complexity index is 150. The van der Waals surface area contributed by atoms with E-state index in [2.05, 4.69) is 25.8 Å². The highest BCUT2D eigenvalue weighted by Gasteiger charge is 2.41.